The summed E-state index contributed by atoms with van der Waals surface area (Å²) in [6.07, 6.45) is 3.50. The highest BCUT2D eigenvalue weighted by molar-refractivity contribution is 5.94. The van der Waals surface area contributed by atoms with Crippen LogP contribution in [-0.4, -0.2) is 23.5 Å². The largest absolute Gasteiger partial charge is 0.352 e. The van der Waals surface area contributed by atoms with Gasteiger partial charge < -0.3 is 10.2 Å². The zero-order valence-corrected chi connectivity index (χ0v) is 15.4. The van der Waals surface area contributed by atoms with E-state index in [1.54, 1.807) is 6.20 Å². The van der Waals surface area contributed by atoms with Crippen molar-refractivity contribution in [2.24, 2.45) is 0 Å². The smallest absolute Gasteiger partial charge is 0.252 e. The topological polar surface area (TPSA) is 45.2 Å². The van der Waals surface area contributed by atoms with E-state index in [0.29, 0.717) is 18.2 Å². The summed E-state index contributed by atoms with van der Waals surface area (Å²) in [4.78, 5) is 19.2. The third kappa shape index (κ3) is 3.70. The summed E-state index contributed by atoms with van der Waals surface area (Å²) in [6.45, 7) is 2.81. The molecule has 1 aliphatic rings. The van der Waals surface area contributed by atoms with Crippen molar-refractivity contribution in [1.82, 2.24) is 10.3 Å². The first-order valence-electron chi connectivity index (χ1n) is 9.37. The van der Waals surface area contributed by atoms with Crippen LogP contribution < -0.4 is 10.2 Å². The van der Waals surface area contributed by atoms with E-state index in [0.717, 1.165) is 18.7 Å². The first kappa shape index (κ1) is 17.3. The normalized spacial score (nSPS) is 15.4. The fourth-order valence-electron chi connectivity index (χ4n) is 3.64. The molecule has 1 aliphatic heterocycles. The Hall–Kier alpha value is -3.14. The van der Waals surface area contributed by atoms with Crippen LogP contribution in [0, 0.1) is 0 Å². The van der Waals surface area contributed by atoms with Crippen LogP contribution in [0.25, 0.3) is 0 Å². The lowest BCUT2D eigenvalue weighted by Crippen LogP contribution is -2.27. The van der Waals surface area contributed by atoms with E-state index < -0.39 is 0 Å². The number of benzene rings is 2. The Morgan fingerprint density at radius 2 is 1.85 bits per heavy atom. The fraction of sp³-hybridized carbons (Fsp3) is 0.217. The monoisotopic (exact) mass is 357 g/mol. The summed E-state index contributed by atoms with van der Waals surface area (Å²) in [5, 5.41) is 2.97. The van der Waals surface area contributed by atoms with Crippen molar-refractivity contribution < 1.29 is 4.79 Å². The Morgan fingerprint density at radius 1 is 1.07 bits per heavy atom. The molecule has 3 aromatic rings. The van der Waals surface area contributed by atoms with E-state index in [-0.39, 0.29) is 5.91 Å². The number of nitrogens with zero attached hydrogens (tertiary/aromatic N) is 2. The number of amides is 1. The van der Waals surface area contributed by atoms with Gasteiger partial charge in [-0.15, -0.1) is 0 Å². The Bertz CT molecular complexity index is 922. The van der Waals surface area contributed by atoms with Crippen molar-refractivity contribution in [3.05, 3.63) is 89.6 Å². The summed E-state index contributed by atoms with van der Waals surface area (Å²) in [5.41, 5.74) is 4.35. The highest BCUT2D eigenvalue weighted by Crippen LogP contribution is 2.36. The zero-order valence-electron chi connectivity index (χ0n) is 15.4. The number of carbonyl (C=O) groups excluding carboxylic acids is 1. The maximum Gasteiger partial charge on any atom is 0.252 e. The molecule has 0 bridgehead atoms. The first-order valence-corrected chi connectivity index (χ1v) is 9.37. The SMILES string of the molecule is CC1Cc2ccccc2N1c1ccc(C(=O)NCCc2ccccc2)cn1. The molecule has 4 rings (SSSR count). The molecule has 1 amide bonds. The summed E-state index contributed by atoms with van der Waals surface area (Å²) >= 11 is 0. The van der Waals surface area contributed by atoms with Gasteiger partial charge in [0.05, 0.1) is 5.56 Å². The summed E-state index contributed by atoms with van der Waals surface area (Å²) < 4.78 is 0. The van der Waals surface area contributed by atoms with Crippen molar-refractivity contribution in [1.29, 1.82) is 0 Å². The maximum atomic E-state index is 12.4. The predicted molar refractivity (Wildman–Crippen MR) is 108 cm³/mol. The van der Waals surface area contributed by atoms with Gasteiger partial charge in [-0.05, 0) is 49.1 Å². The quantitative estimate of drug-likeness (QED) is 0.746. The molecule has 4 nitrogen and oxygen atoms in total. The van der Waals surface area contributed by atoms with Crippen LogP contribution in [0.5, 0.6) is 0 Å². The van der Waals surface area contributed by atoms with Crippen LogP contribution in [0.4, 0.5) is 11.5 Å². The summed E-state index contributed by atoms with van der Waals surface area (Å²) in [5.74, 6) is 0.799. The molecule has 0 radical (unpaired) electrons. The van der Waals surface area contributed by atoms with Crippen molar-refractivity contribution in [3.63, 3.8) is 0 Å². The molecule has 0 fully saturated rings. The molecule has 0 saturated heterocycles. The van der Waals surface area contributed by atoms with Gasteiger partial charge in [-0.25, -0.2) is 4.98 Å². The lowest BCUT2D eigenvalue weighted by Gasteiger charge is -2.23. The van der Waals surface area contributed by atoms with E-state index in [2.05, 4.69) is 58.5 Å². The van der Waals surface area contributed by atoms with Gasteiger partial charge in [-0.2, -0.15) is 0 Å². The van der Waals surface area contributed by atoms with Crippen LogP contribution in [0.15, 0.2) is 72.9 Å². The van der Waals surface area contributed by atoms with Crippen LogP contribution >= 0.6 is 0 Å². The van der Waals surface area contributed by atoms with Crippen LogP contribution in [-0.2, 0) is 12.8 Å². The molecule has 27 heavy (non-hydrogen) atoms. The number of carbonyl (C=O) groups is 1. The standard InChI is InChI=1S/C23H23N3O/c1-17-15-19-9-5-6-10-21(19)26(17)22-12-11-20(16-25-22)23(27)24-14-13-18-7-3-2-4-8-18/h2-12,16-17H,13-15H2,1H3,(H,24,27). The second kappa shape index (κ2) is 7.62. The van der Waals surface area contributed by atoms with Gasteiger partial charge >= 0.3 is 0 Å². The molecular formula is C23H23N3O. The molecule has 1 unspecified atom stereocenters. The van der Waals surface area contributed by atoms with E-state index in [1.165, 1.54) is 16.8 Å². The van der Waals surface area contributed by atoms with Crippen LogP contribution in [0.1, 0.15) is 28.4 Å². The molecule has 2 heterocycles. The fourth-order valence-corrected chi connectivity index (χ4v) is 3.64. The molecule has 0 saturated carbocycles. The van der Waals surface area contributed by atoms with E-state index in [4.69, 9.17) is 0 Å². The first-order chi connectivity index (χ1) is 13.2. The molecule has 1 aromatic heterocycles. The van der Waals surface area contributed by atoms with Crippen LogP contribution in [0.2, 0.25) is 0 Å². The zero-order chi connectivity index (χ0) is 18.6. The van der Waals surface area contributed by atoms with Crippen molar-refractivity contribution in [2.75, 3.05) is 11.4 Å². The molecule has 1 N–H and O–H groups in total. The minimum atomic E-state index is -0.0835. The third-order valence-corrected chi connectivity index (χ3v) is 5.01. The molecule has 0 aliphatic carbocycles. The highest BCUT2D eigenvalue weighted by Gasteiger charge is 2.27. The van der Waals surface area contributed by atoms with Gasteiger partial charge in [0.2, 0.25) is 0 Å². The Morgan fingerprint density at radius 3 is 2.63 bits per heavy atom. The van der Waals surface area contributed by atoms with E-state index >= 15 is 0 Å². The second-order valence-corrected chi connectivity index (χ2v) is 6.95. The average Bonchev–Trinajstić information content (AvgIpc) is 3.04. The minimum Gasteiger partial charge on any atom is -0.352 e. The molecule has 136 valence electrons. The minimum absolute atomic E-state index is 0.0835. The number of para-hydroxylation sites is 1. The maximum absolute atomic E-state index is 12.4. The summed E-state index contributed by atoms with van der Waals surface area (Å²) in [7, 11) is 0. The van der Waals surface area contributed by atoms with Gasteiger partial charge in [-0.3, -0.25) is 4.79 Å². The number of hydrogen-bond donors (Lipinski definition) is 1. The molecule has 2 aromatic carbocycles. The highest BCUT2D eigenvalue weighted by atomic mass is 16.1. The lowest BCUT2D eigenvalue weighted by molar-refractivity contribution is 0.0954. The number of anilines is 2. The number of rotatable bonds is 5. The Balaban J connectivity index is 1.41. The van der Waals surface area contributed by atoms with E-state index in [1.807, 2.05) is 30.3 Å². The van der Waals surface area contributed by atoms with Gasteiger partial charge in [0, 0.05) is 24.5 Å². The Kier molecular flexibility index (Phi) is 4.88. The van der Waals surface area contributed by atoms with Crippen LogP contribution in [0.3, 0.4) is 0 Å². The van der Waals surface area contributed by atoms with Crippen molar-refractivity contribution >= 4 is 17.4 Å². The number of fused-ring (bicyclic) bond motifs is 1. The van der Waals surface area contributed by atoms with Crippen molar-refractivity contribution in [2.45, 2.75) is 25.8 Å². The second-order valence-electron chi connectivity index (χ2n) is 6.95. The average molecular weight is 357 g/mol. The van der Waals surface area contributed by atoms with Gasteiger partial charge in [0.25, 0.3) is 5.91 Å². The van der Waals surface area contributed by atoms with Gasteiger partial charge in [0.1, 0.15) is 5.82 Å². The predicted octanol–water partition coefficient (Wildman–Crippen LogP) is 4.14. The number of nitrogens with one attached hydrogen (secondary N) is 1. The molecule has 1 atom stereocenters. The van der Waals surface area contributed by atoms with Gasteiger partial charge in [0.15, 0.2) is 0 Å². The summed E-state index contributed by atoms with van der Waals surface area (Å²) in [6, 6.07) is 22.7. The lowest BCUT2D eigenvalue weighted by atomic mass is 10.1. The van der Waals surface area contributed by atoms with Gasteiger partial charge in [-0.1, -0.05) is 48.5 Å². The number of aromatic nitrogens is 1. The number of pyridine rings is 1. The Labute approximate surface area is 159 Å². The van der Waals surface area contributed by atoms with Crippen molar-refractivity contribution in [3.8, 4) is 0 Å². The third-order valence-electron chi connectivity index (χ3n) is 5.01. The molecule has 4 heteroatoms. The molecule has 0 spiro atoms. The van der Waals surface area contributed by atoms with E-state index in [9.17, 15) is 4.79 Å². The number of hydrogen-bond acceptors (Lipinski definition) is 3. The molecular weight excluding hydrogens is 334 g/mol.